The molecule has 1 aliphatic carbocycles. The van der Waals surface area contributed by atoms with Crippen molar-refractivity contribution >= 4 is 71.7 Å². The van der Waals surface area contributed by atoms with Gasteiger partial charge in [0.15, 0.2) is 5.58 Å². The van der Waals surface area contributed by atoms with Gasteiger partial charge in [-0.3, -0.25) is 0 Å². The summed E-state index contributed by atoms with van der Waals surface area (Å²) in [7, 11) is 0. The number of benzene rings is 8. The van der Waals surface area contributed by atoms with Gasteiger partial charge in [-0.1, -0.05) is 135 Å². The molecule has 246 valence electrons. The van der Waals surface area contributed by atoms with Crippen LogP contribution in [0.4, 0.5) is 17.1 Å². The molecule has 0 amide bonds. The maximum absolute atomic E-state index is 7.21. The van der Waals surface area contributed by atoms with E-state index in [1.165, 1.54) is 33.0 Å². The molecule has 8 aromatic carbocycles. The largest absolute Gasteiger partial charge is 0.456 e. The smallest absolute Gasteiger partial charge is 0.159 e. The number of nitrogens with zero attached hydrogens (tertiary/aromatic N) is 1. The van der Waals surface area contributed by atoms with Crippen molar-refractivity contribution in [3.05, 3.63) is 175 Å². The Labute approximate surface area is 301 Å². The second-order valence-electron chi connectivity index (χ2n) is 14.5. The average Bonchev–Trinajstić information content (AvgIpc) is 3.82. The van der Waals surface area contributed by atoms with E-state index in [1.807, 2.05) is 12.1 Å². The quantitative estimate of drug-likeness (QED) is 0.187. The maximum atomic E-state index is 7.21. The van der Waals surface area contributed by atoms with Crippen molar-refractivity contribution in [2.24, 2.45) is 0 Å². The number of hydrogen-bond acceptors (Lipinski definition) is 3. The Morgan fingerprint density at radius 2 is 1.17 bits per heavy atom. The van der Waals surface area contributed by atoms with Crippen LogP contribution in [-0.4, -0.2) is 0 Å². The van der Waals surface area contributed by atoms with Gasteiger partial charge in [-0.2, -0.15) is 0 Å². The van der Waals surface area contributed by atoms with Crippen LogP contribution in [0.25, 0.3) is 76.9 Å². The minimum atomic E-state index is -0.135. The van der Waals surface area contributed by atoms with E-state index in [9.17, 15) is 0 Å². The molecule has 11 rings (SSSR count). The summed E-state index contributed by atoms with van der Waals surface area (Å²) in [6, 6.07) is 58.6. The molecule has 1 aliphatic rings. The molecule has 10 aromatic rings. The topological polar surface area (TPSA) is 29.5 Å². The van der Waals surface area contributed by atoms with Gasteiger partial charge in [-0.15, -0.1) is 0 Å². The molecule has 3 nitrogen and oxygen atoms in total. The van der Waals surface area contributed by atoms with Gasteiger partial charge in [-0.05, 0) is 81.1 Å². The zero-order valence-electron chi connectivity index (χ0n) is 28.9. The summed E-state index contributed by atoms with van der Waals surface area (Å²) >= 11 is 0. The number of para-hydroxylation sites is 2. The Morgan fingerprint density at radius 1 is 0.462 bits per heavy atom. The fourth-order valence-electron chi connectivity index (χ4n) is 8.75. The molecule has 0 saturated carbocycles. The van der Waals surface area contributed by atoms with Crippen LogP contribution in [0.15, 0.2) is 173 Å². The zero-order valence-corrected chi connectivity index (χ0v) is 28.9. The lowest BCUT2D eigenvalue weighted by Gasteiger charge is -2.28. The number of fused-ring (bicyclic) bond motifs is 10. The summed E-state index contributed by atoms with van der Waals surface area (Å²) in [4.78, 5) is 2.37. The molecule has 0 bridgehead atoms. The van der Waals surface area contributed by atoms with E-state index in [1.54, 1.807) is 0 Å². The maximum Gasteiger partial charge on any atom is 0.159 e. The lowest BCUT2D eigenvalue weighted by Crippen LogP contribution is -2.16. The highest BCUT2D eigenvalue weighted by molar-refractivity contribution is 6.24. The first-order chi connectivity index (χ1) is 25.5. The second-order valence-corrected chi connectivity index (χ2v) is 14.5. The third-order valence-corrected chi connectivity index (χ3v) is 11.2. The minimum Gasteiger partial charge on any atom is -0.456 e. The molecule has 0 atom stereocenters. The summed E-state index contributed by atoms with van der Waals surface area (Å²) in [6.45, 7) is 4.68. The van der Waals surface area contributed by atoms with Crippen LogP contribution in [0, 0.1) is 0 Å². The first-order valence-electron chi connectivity index (χ1n) is 17.9. The van der Waals surface area contributed by atoms with Gasteiger partial charge in [0.2, 0.25) is 0 Å². The molecule has 0 N–H and O–H groups in total. The predicted octanol–water partition coefficient (Wildman–Crippen LogP) is 14.1. The van der Waals surface area contributed by atoms with Gasteiger partial charge in [0, 0.05) is 43.9 Å². The first kappa shape index (κ1) is 29.2. The highest BCUT2D eigenvalue weighted by atomic mass is 16.3. The average molecular weight is 668 g/mol. The molecule has 0 saturated heterocycles. The fraction of sp³-hybridized carbons (Fsp3) is 0.0612. The SMILES string of the molecule is CC1(C)c2ccccc2-c2ccc(N(c3ccc4ccccc4c3)c3cccc4c3oc3c(-c5ccccc5)c5c(cc34)oc3ccccc35)cc21. The molecular weight excluding hydrogens is 635 g/mol. The van der Waals surface area contributed by atoms with Crippen molar-refractivity contribution in [1.29, 1.82) is 0 Å². The number of furan rings is 2. The summed E-state index contributed by atoms with van der Waals surface area (Å²) in [5.41, 5.74) is 13.9. The Balaban J connectivity index is 1.21. The van der Waals surface area contributed by atoms with Gasteiger partial charge in [0.05, 0.1) is 5.69 Å². The van der Waals surface area contributed by atoms with Crippen LogP contribution in [0.3, 0.4) is 0 Å². The third kappa shape index (κ3) is 4.08. The van der Waals surface area contributed by atoms with Crippen LogP contribution < -0.4 is 4.90 Å². The molecule has 0 aliphatic heterocycles. The standard InChI is InChI=1S/C49H33NO2/c1-49(2)40-20-10-8-17-35(40)36-26-25-34(28-41(36)49)50(33-24-23-30-13-6-7-16-32(30)27-33)42-21-12-19-37-39-29-44-46(38-18-9-11-22-43(38)51-44)45(48(39)52-47(37)42)31-14-4-3-5-15-31/h3-29H,1-2H3. The monoisotopic (exact) mass is 667 g/mol. The van der Waals surface area contributed by atoms with Crippen LogP contribution >= 0.6 is 0 Å². The van der Waals surface area contributed by atoms with Gasteiger partial charge in [0.25, 0.3) is 0 Å². The summed E-state index contributed by atoms with van der Waals surface area (Å²) in [5.74, 6) is 0. The minimum absolute atomic E-state index is 0.135. The Hall–Kier alpha value is -6.58. The van der Waals surface area contributed by atoms with E-state index in [4.69, 9.17) is 8.83 Å². The van der Waals surface area contributed by atoms with E-state index in [2.05, 4.69) is 170 Å². The van der Waals surface area contributed by atoms with Crippen molar-refractivity contribution in [2.45, 2.75) is 19.3 Å². The van der Waals surface area contributed by atoms with Gasteiger partial charge in [0.1, 0.15) is 16.7 Å². The van der Waals surface area contributed by atoms with E-state index in [0.29, 0.717) is 0 Å². The van der Waals surface area contributed by atoms with Crippen molar-refractivity contribution in [3.63, 3.8) is 0 Å². The Bertz CT molecular complexity index is 3050. The molecule has 2 aromatic heterocycles. The molecular formula is C49H33NO2. The van der Waals surface area contributed by atoms with Crippen molar-refractivity contribution < 1.29 is 8.83 Å². The summed E-state index contributed by atoms with van der Waals surface area (Å²) in [6.07, 6.45) is 0. The highest BCUT2D eigenvalue weighted by Crippen LogP contribution is 2.52. The highest BCUT2D eigenvalue weighted by Gasteiger charge is 2.36. The van der Waals surface area contributed by atoms with Gasteiger partial charge < -0.3 is 13.7 Å². The lowest BCUT2D eigenvalue weighted by atomic mass is 9.82. The van der Waals surface area contributed by atoms with E-state index >= 15 is 0 Å². The first-order valence-corrected chi connectivity index (χ1v) is 17.9. The zero-order chi connectivity index (χ0) is 34.6. The molecule has 2 heterocycles. The van der Waals surface area contributed by atoms with Crippen LogP contribution in [0.1, 0.15) is 25.0 Å². The molecule has 0 radical (unpaired) electrons. The van der Waals surface area contributed by atoms with Crippen LogP contribution in [0.2, 0.25) is 0 Å². The molecule has 0 unspecified atom stereocenters. The normalized spacial score (nSPS) is 13.3. The Kier molecular flexibility index (Phi) is 6.01. The van der Waals surface area contributed by atoms with E-state index in [-0.39, 0.29) is 5.41 Å². The van der Waals surface area contributed by atoms with Crippen molar-refractivity contribution in [3.8, 4) is 22.3 Å². The molecule has 3 heteroatoms. The van der Waals surface area contributed by atoms with Crippen molar-refractivity contribution in [2.75, 3.05) is 4.90 Å². The third-order valence-electron chi connectivity index (χ3n) is 11.2. The van der Waals surface area contributed by atoms with E-state index < -0.39 is 0 Å². The number of anilines is 3. The van der Waals surface area contributed by atoms with Gasteiger partial charge in [-0.25, -0.2) is 0 Å². The van der Waals surface area contributed by atoms with Gasteiger partial charge >= 0.3 is 0 Å². The number of hydrogen-bond donors (Lipinski definition) is 0. The predicted molar refractivity (Wildman–Crippen MR) is 216 cm³/mol. The Morgan fingerprint density at radius 3 is 2.08 bits per heavy atom. The molecule has 52 heavy (non-hydrogen) atoms. The summed E-state index contributed by atoms with van der Waals surface area (Å²) < 4.78 is 13.7. The van der Waals surface area contributed by atoms with Crippen LogP contribution in [-0.2, 0) is 5.41 Å². The van der Waals surface area contributed by atoms with E-state index in [0.717, 1.165) is 72.1 Å². The lowest BCUT2D eigenvalue weighted by molar-refractivity contribution is 0.660. The van der Waals surface area contributed by atoms with Crippen LogP contribution in [0.5, 0.6) is 0 Å². The second kappa shape index (κ2) is 10.7. The molecule has 0 fully saturated rings. The van der Waals surface area contributed by atoms with Crippen molar-refractivity contribution in [1.82, 2.24) is 0 Å². The number of rotatable bonds is 4. The molecule has 0 spiro atoms. The fourth-order valence-corrected chi connectivity index (χ4v) is 8.75. The summed E-state index contributed by atoms with van der Waals surface area (Å²) in [5, 5.41) is 6.63.